The second-order valence-electron chi connectivity index (χ2n) is 6.51. The van der Waals surface area contributed by atoms with E-state index in [0.717, 1.165) is 28.1 Å². The number of carbonyl (C=O) groups excluding carboxylic acids is 1. The van der Waals surface area contributed by atoms with Gasteiger partial charge in [0.1, 0.15) is 5.75 Å². The van der Waals surface area contributed by atoms with E-state index in [9.17, 15) is 9.59 Å². The zero-order valence-electron chi connectivity index (χ0n) is 15.7. The van der Waals surface area contributed by atoms with Gasteiger partial charge >= 0.3 is 0 Å². The third-order valence-electron chi connectivity index (χ3n) is 4.37. The molecule has 2 aromatic carbocycles. The zero-order valence-corrected chi connectivity index (χ0v) is 15.7. The summed E-state index contributed by atoms with van der Waals surface area (Å²) in [6, 6.07) is 16.4. The monoisotopic (exact) mass is 362 g/mol. The number of hydrogen-bond donors (Lipinski definition) is 1. The van der Waals surface area contributed by atoms with E-state index in [4.69, 9.17) is 4.74 Å². The molecule has 0 fully saturated rings. The molecule has 3 aromatic rings. The van der Waals surface area contributed by atoms with E-state index in [1.807, 2.05) is 56.3 Å². The van der Waals surface area contributed by atoms with Gasteiger partial charge in [0.05, 0.1) is 19.2 Å². The van der Waals surface area contributed by atoms with E-state index in [0.29, 0.717) is 12.1 Å². The van der Waals surface area contributed by atoms with Gasteiger partial charge in [-0.3, -0.25) is 9.59 Å². The van der Waals surface area contributed by atoms with Gasteiger partial charge in [0.2, 0.25) is 0 Å². The number of carbonyl (C=O) groups is 1. The van der Waals surface area contributed by atoms with Crippen molar-refractivity contribution >= 4 is 11.6 Å². The number of pyridine rings is 1. The van der Waals surface area contributed by atoms with Crippen LogP contribution >= 0.6 is 0 Å². The molecule has 3 rings (SSSR count). The molecule has 1 aromatic heterocycles. The number of methoxy groups -OCH3 is 1. The number of aryl methyl sites for hydroxylation is 2. The van der Waals surface area contributed by atoms with Crippen LogP contribution in [-0.2, 0) is 6.54 Å². The highest BCUT2D eigenvalue weighted by Crippen LogP contribution is 2.17. The van der Waals surface area contributed by atoms with Crippen molar-refractivity contribution < 1.29 is 9.53 Å². The average Bonchev–Trinajstić information content (AvgIpc) is 2.66. The quantitative estimate of drug-likeness (QED) is 0.751. The van der Waals surface area contributed by atoms with E-state index < -0.39 is 0 Å². The second kappa shape index (κ2) is 7.91. The van der Waals surface area contributed by atoms with Crippen molar-refractivity contribution in [3.05, 3.63) is 93.4 Å². The maximum atomic E-state index is 12.6. The number of anilines is 1. The van der Waals surface area contributed by atoms with Gasteiger partial charge in [-0.1, -0.05) is 24.3 Å². The molecule has 0 aliphatic carbocycles. The predicted octanol–water partition coefficient (Wildman–Crippen LogP) is 3.77. The van der Waals surface area contributed by atoms with Gasteiger partial charge in [-0.2, -0.15) is 0 Å². The van der Waals surface area contributed by atoms with Gasteiger partial charge < -0.3 is 14.6 Å². The Balaban J connectivity index is 1.85. The van der Waals surface area contributed by atoms with Crippen molar-refractivity contribution in [1.29, 1.82) is 0 Å². The van der Waals surface area contributed by atoms with Gasteiger partial charge in [-0.15, -0.1) is 0 Å². The lowest BCUT2D eigenvalue weighted by Crippen LogP contribution is -2.22. The van der Waals surface area contributed by atoms with Crippen molar-refractivity contribution in [2.75, 3.05) is 12.4 Å². The lowest BCUT2D eigenvalue weighted by atomic mass is 10.1. The molecule has 1 heterocycles. The molecule has 0 aliphatic rings. The van der Waals surface area contributed by atoms with Crippen molar-refractivity contribution in [3.63, 3.8) is 0 Å². The van der Waals surface area contributed by atoms with Gasteiger partial charge in [0, 0.05) is 18.0 Å². The maximum Gasteiger partial charge on any atom is 0.257 e. The zero-order chi connectivity index (χ0) is 19.4. The molecule has 1 N–H and O–H groups in total. The van der Waals surface area contributed by atoms with Crippen LogP contribution in [0.2, 0.25) is 0 Å². The Labute approximate surface area is 158 Å². The van der Waals surface area contributed by atoms with Crippen LogP contribution < -0.4 is 15.6 Å². The molecular formula is C22H22N2O3. The number of nitrogens with one attached hydrogen (secondary N) is 1. The number of benzene rings is 2. The molecule has 5 heteroatoms. The highest BCUT2D eigenvalue weighted by molar-refractivity contribution is 6.04. The molecule has 1 amide bonds. The van der Waals surface area contributed by atoms with Crippen molar-refractivity contribution in [3.8, 4) is 5.75 Å². The molecule has 138 valence electrons. The first kappa shape index (κ1) is 18.5. The Bertz CT molecular complexity index is 1040. The third kappa shape index (κ3) is 4.44. The van der Waals surface area contributed by atoms with E-state index in [1.54, 1.807) is 19.4 Å². The van der Waals surface area contributed by atoms with E-state index >= 15 is 0 Å². The topological polar surface area (TPSA) is 60.3 Å². The molecule has 0 saturated heterocycles. The SMILES string of the molecule is COc1cccc(Cn2cc(C(=O)Nc3cc(C)ccc3C)ccc2=O)c1. The van der Waals surface area contributed by atoms with Crippen LogP contribution in [0.4, 0.5) is 5.69 Å². The summed E-state index contributed by atoms with van der Waals surface area (Å²) >= 11 is 0. The number of ether oxygens (including phenoxy) is 1. The first-order chi connectivity index (χ1) is 13.0. The van der Waals surface area contributed by atoms with E-state index in [-0.39, 0.29) is 11.5 Å². The van der Waals surface area contributed by atoms with Crippen molar-refractivity contribution in [2.24, 2.45) is 0 Å². The van der Waals surface area contributed by atoms with Crippen molar-refractivity contribution in [1.82, 2.24) is 4.57 Å². The Morgan fingerprint density at radius 3 is 2.67 bits per heavy atom. The molecule has 0 aliphatic heterocycles. The minimum Gasteiger partial charge on any atom is -0.497 e. The van der Waals surface area contributed by atoms with Crippen LogP contribution in [0.3, 0.4) is 0 Å². The average molecular weight is 362 g/mol. The maximum absolute atomic E-state index is 12.6. The summed E-state index contributed by atoms with van der Waals surface area (Å²) in [4.78, 5) is 24.9. The highest BCUT2D eigenvalue weighted by atomic mass is 16.5. The van der Waals surface area contributed by atoms with Crippen LogP contribution in [0.1, 0.15) is 27.0 Å². The van der Waals surface area contributed by atoms with Crippen LogP contribution in [0.15, 0.2) is 65.6 Å². The van der Waals surface area contributed by atoms with Gasteiger partial charge in [-0.05, 0) is 54.8 Å². The summed E-state index contributed by atoms with van der Waals surface area (Å²) in [6.45, 7) is 4.28. The summed E-state index contributed by atoms with van der Waals surface area (Å²) < 4.78 is 6.74. The molecule has 0 spiro atoms. The van der Waals surface area contributed by atoms with Crippen LogP contribution in [0.25, 0.3) is 0 Å². The standard InChI is InChI=1S/C22H22N2O3/c1-15-7-8-16(2)20(11-15)23-22(26)18-9-10-21(25)24(14-18)13-17-5-4-6-19(12-17)27-3/h4-12,14H,13H2,1-3H3,(H,23,26). The Morgan fingerprint density at radius 2 is 1.89 bits per heavy atom. The van der Waals surface area contributed by atoms with Crippen LogP contribution in [0.5, 0.6) is 5.75 Å². The highest BCUT2D eigenvalue weighted by Gasteiger charge is 2.10. The first-order valence-corrected chi connectivity index (χ1v) is 8.68. The molecule has 0 radical (unpaired) electrons. The van der Waals surface area contributed by atoms with E-state index in [1.165, 1.54) is 10.6 Å². The lowest BCUT2D eigenvalue weighted by Gasteiger charge is -2.12. The number of rotatable bonds is 5. The number of nitrogens with zero attached hydrogens (tertiary/aromatic N) is 1. The largest absolute Gasteiger partial charge is 0.497 e. The molecule has 0 unspecified atom stereocenters. The van der Waals surface area contributed by atoms with Crippen LogP contribution in [0, 0.1) is 13.8 Å². The molecule has 0 atom stereocenters. The fourth-order valence-electron chi connectivity index (χ4n) is 2.82. The van der Waals surface area contributed by atoms with Gasteiger partial charge in [0.25, 0.3) is 11.5 Å². The molecule has 5 nitrogen and oxygen atoms in total. The summed E-state index contributed by atoms with van der Waals surface area (Å²) in [7, 11) is 1.60. The summed E-state index contributed by atoms with van der Waals surface area (Å²) in [5, 5.41) is 2.92. The Kier molecular flexibility index (Phi) is 5.41. The predicted molar refractivity (Wildman–Crippen MR) is 107 cm³/mol. The van der Waals surface area contributed by atoms with Gasteiger partial charge in [0.15, 0.2) is 0 Å². The molecule has 0 saturated carbocycles. The molecule has 27 heavy (non-hydrogen) atoms. The third-order valence-corrected chi connectivity index (χ3v) is 4.37. The fourth-order valence-corrected chi connectivity index (χ4v) is 2.82. The summed E-state index contributed by atoms with van der Waals surface area (Å²) in [5.41, 5.74) is 4.01. The number of amides is 1. The minimum absolute atomic E-state index is 0.166. The smallest absolute Gasteiger partial charge is 0.257 e. The fraction of sp³-hybridized carbons (Fsp3) is 0.182. The first-order valence-electron chi connectivity index (χ1n) is 8.68. The normalized spacial score (nSPS) is 10.5. The van der Waals surface area contributed by atoms with Gasteiger partial charge in [-0.25, -0.2) is 0 Å². The van der Waals surface area contributed by atoms with Crippen molar-refractivity contribution in [2.45, 2.75) is 20.4 Å². The van der Waals surface area contributed by atoms with E-state index in [2.05, 4.69) is 5.32 Å². The molecule has 0 bridgehead atoms. The second-order valence-corrected chi connectivity index (χ2v) is 6.51. The lowest BCUT2D eigenvalue weighted by molar-refractivity contribution is 0.102. The number of aromatic nitrogens is 1. The minimum atomic E-state index is -0.247. The summed E-state index contributed by atoms with van der Waals surface area (Å²) in [5.74, 6) is 0.479. The molecular weight excluding hydrogens is 340 g/mol. The van der Waals surface area contributed by atoms with Crippen LogP contribution in [-0.4, -0.2) is 17.6 Å². The summed E-state index contributed by atoms with van der Waals surface area (Å²) in [6.07, 6.45) is 1.59. The Morgan fingerprint density at radius 1 is 1.07 bits per heavy atom. The Hall–Kier alpha value is -3.34. The number of hydrogen-bond acceptors (Lipinski definition) is 3.